The Kier molecular flexibility index (Phi) is 5.25. The van der Waals surface area contributed by atoms with Gasteiger partial charge in [-0.1, -0.05) is 28.1 Å². The highest BCUT2D eigenvalue weighted by Gasteiger charge is 2.24. The third-order valence-electron chi connectivity index (χ3n) is 4.03. The lowest BCUT2D eigenvalue weighted by Gasteiger charge is -2.22. The number of rotatable bonds is 2. The van der Waals surface area contributed by atoms with E-state index in [4.69, 9.17) is 0 Å². The lowest BCUT2D eigenvalue weighted by Crippen LogP contribution is -2.37. The van der Waals surface area contributed by atoms with Crippen LogP contribution in [0.15, 0.2) is 53.1 Å². The summed E-state index contributed by atoms with van der Waals surface area (Å²) in [6.45, 7) is 2.34. The van der Waals surface area contributed by atoms with E-state index >= 15 is 0 Å². The number of halogens is 1. The molecule has 0 bridgehead atoms. The van der Waals surface area contributed by atoms with Crippen molar-refractivity contribution in [3.05, 3.63) is 64.4 Å². The summed E-state index contributed by atoms with van der Waals surface area (Å²) < 4.78 is 0.884. The Morgan fingerprint density at radius 3 is 2.33 bits per heavy atom. The van der Waals surface area contributed by atoms with E-state index in [1.807, 2.05) is 29.2 Å². The first-order valence-corrected chi connectivity index (χ1v) is 8.69. The van der Waals surface area contributed by atoms with Crippen LogP contribution in [0.5, 0.6) is 0 Å². The van der Waals surface area contributed by atoms with Crippen molar-refractivity contribution in [1.82, 2.24) is 14.8 Å². The molecule has 2 heterocycles. The van der Waals surface area contributed by atoms with Crippen LogP contribution in [0.4, 0.5) is 0 Å². The number of aromatic nitrogens is 1. The van der Waals surface area contributed by atoms with Gasteiger partial charge in [-0.05, 0) is 36.8 Å². The molecule has 0 N–H and O–H groups in total. The second-order valence-corrected chi connectivity index (χ2v) is 6.58. The summed E-state index contributed by atoms with van der Waals surface area (Å²) >= 11 is 3.39. The zero-order valence-electron chi connectivity index (χ0n) is 13.2. The summed E-state index contributed by atoms with van der Waals surface area (Å²) in [5, 5.41) is 0. The molecule has 0 spiro atoms. The highest BCUT2D eigenvalue weighted by molar-refractivity contribution is 9.10. The van der Waals surface area contributed by atoms with Crippen molar-refractivity contribution in [2.24, 2.45) is 0 Å². The predicted octanol–water partition coefficient (Wildman–Crippen LogP) is 2.83. The first-order chi connectivity index (χ1) is 11.6. The molecule has 24 heavy (non-hydrogen) atoms. The second kappa shape index (κ2) is 7.57. The molecule has 0 atom stereocenters. The van der Waals surface area contributed by atoms with Crippen molar-refractivity contribution in [2.45, 2.75) is 6.42 Å². The summed E-state index contributed by atoms with van der Waals surface area (Å²) in [5.74, 6) is -0.0733. The van der Waals surface area contributed by atoms with Gasteiger partial charge in [0.15, 0.2) is 0 Å². The van der Waals surface area contributed by atoms with E-state index < -0.39 is 0 Å². The minimum Gasteiger partial charge on any atom is -0.337 e. The van der Waals surface area contributed by atoms with Gasteiger partial charge in [-0.3, -0.25) is 14.6 Å². The molecule has 0 saturated carbocycles. The monoisotopic (exact) mass is 387 g/mol. The Labute approximate surface area is 149 Å². The topological polar surface area (TPSA) is 53.5 Å². The van der Waals surface area contributed by atoms with Crippen molar-refractivity contribution in [1.29, 1.82) is 0 Å². The molecule has 0 aliphatic carbocycles. The maximum atomic E-state index is 12.6. The van der Waals surface area contributed by atoms with Crippen LogP contribution >= 0.6 is 15.9 Å². The van der Waals surface area contributed by atoms with Crippen LogP contribution in [-0.2, 0) is 0 Å². The van der Waals surface area contributed by atoms with Crippen molar-refractivity contribution >= 4 is 27.7 Å². The Hall–Kier alpha value is -2.21. The van der Waals surface area contributed by atoms with E-state index in [1.165, 1.54) is 0 Å². The van der Waals surface area contributed by atoms with Gasteiger partial charge in [0.2, 0.25) is 0 Å². The van der Waals surface area contributed by atoms with Gasteiger partial charge in [-0.15, -0.1) is 0 Å². The van der Waals surface area contributed by atoms with Crippen LogP contribution in [0, 0.1) is 0 Å². The molecule has 1 aromatic carbocycles. The summed E-state index contributed by atoms with van der Waals surface area (Å²) in [6, 6.07) is 12.7. The molecule has 124 valence electrons. The van der Waals surface area contributed by atoms with E-state index in [0.29, 0.717) is 37.4 Å². The number of benzene rings is 1. The van der Waals surface area contributed by atoms with Crippen molar-refractivity contribution < 1.29 is 9.59 Å². The number of hydrogen-bond acceptors (Lipinski definition) is 3. The molecule has 1 saturated heterocycles. The first kappa shape index (κ1) is 16.6. The maximum absolute atomic E-state index is 12.6. The average molecular weight is 388 g/mol. The van der Waals surface area contributed by atoms with Gasteiger partial charge in [-0.25, -0.2) is 0 Å². The summed E-state index contributed by atoms with van der Waals surface area (Å²) in [7, 11) is 0. The minimum atomic E-state index is -0.0765. The number of carbonyl (C=O) groups excluding carboxylic acids is 2. The number of pyridine rings is 1. The Balaban J connectivity index is 1.67. The van der Waals surface area contributed by atoms with Gasteiger partial charge in [0.25, 0.3) is 11.8 Å². The highest BCUT2D eigenvalue weighted by atomic mass is 79.9. The van der Waals surface area contributed by atoms with E-state index in [-0.39, 0.29) is 11.8 Å². The van der Waals surface area contributed by atoms with Crippen LogP contribution in [-0.4, -0.2) is 52.8 Å². The van der Waals surface area contributed by atoms with Crippen LogP contribution < -0.4 is 0 Å². The summed E-state index contributed by atoms with van der Waals surface area (Å²) in [5.41, 5.74) is 1.11. The SMILES string of the molecule is O=C(c1cccc(Br)c1)N1CCCN(C(=O)c2ccccn2)CC1. The van der Waals surface area contributed by atoms with Crippen LogP contribution in [0.1, 0.15) is 27.3 Å². The van der Waals surface area contributed by atoms with Crippen LogP contribution in [0.2, 0.25) is 0 Å². The molecule has 1 aromatic heterocycles. The molecule has 2 amide bonds. The lowest BCUT2D eigenvalue weighted by atomic mass is 10.2. The van der Waals surface area contributed by atoms with E-state index in [9.17, 15) is 9.59 Å². The molecule has 6 heteroatoms. The normalized spacial score (nSPS) is 15.0. The van der Waals surface area contributed by atoms with Gasteiger partial charge < -0.3 is 9.80 Å². The Bertz CT molecular complexity index is 736. The quantitative estimate of drug-likeness (QED) is 0.795. The molecule has 0 unspecified atom stereocenters. The fraction of sp³-hybridized carbons (Fsp3) is 0.278. The van der Waals surface area contributed by atoms with Crippen LogP contribution in [0.25, 0.3) is 0 Å². The van der Waals surface area contributed by atoms with Gasteiger partial charge in [0, 0.05) is 42.4 Å². The highest BCUT2D eigenvalue weighted by Crippen LogP contribution is 2.15. The van der Waals surface area contributed by atoms with Gasteiger partial charge in [0.1, 0.15) is 5.69 Å². The number of amides is 2. The van der Waals surface area contributed by atoms with Gasteiger partial charge >= 0.3 is 0 Å². The molecular formula is C18H18BrN3O2. The maximum Gasteiger partial charge on any atom is 0.272 e. The standard InChI is InChI=1S/C18H18BrN3O2/c19-15-6-3-5-14(13-15)17(23)21-9-4-10-22(12-11-21)18(24)16-7-1-2-8-20-16/h1-3,5-8,13H,4,9-12H2. The lowest BCUT2D eigenvalue weighted by molar-refractivity contribution is 0.0715. The number of nitrogens with zero attached hydrogens (tertiary/aromatic N) is 3. The van der Waals surface area contributed by atoms with E-state index in [2.05, 4.69) is 20.9 Å². The molecule has 0 radical (unpaired) electrons. The van der Waals surface area contributed by atoms with E-state index in [1.54, 1.807) is 29.3 Å². The second-order valence-electron chi connectivity index (χ2n) is 5.66. The van der Waals surface area contributed by atoms with Crippen molar-refractivity contribution in [3.63, 3.8) is 0 Å². The molecule has 1 aliphatic heterocycles. The molecule has 5 nitrogen and oxygen atoms in total. The van der Waals surface area contributed by atoms with Gasteiger partial charge in [0.05, 0.1) is 0 Å². The predicted molar refractivity (Wildman–Crippen MR) is 94.8 cm³/mol. The molecule has 3 rings (SSSR count). The number of carbonyl (C=O) groups is 2. The zero-order valence-corrected chi connectivity index (χ0v) is 14.8. The summed E-state index contributed by atoms with van der Waals surface area (Å²) in [4.78, 5) is 32.8. The van der Waals surface area contributed by atoms with Crippen LogP contribution in [0.3, 0.4) is 0 Å². The zero-order chi connectivity index (χ0) is 16.9. The van der Waals surface area contributed by atoms with Crippen molar-refractivity contribution in [2.75, 3.05) is 26.2 Å². The smallest absolute Gasteiger partial charge is 0.272 e. The van der Waals surface area contributed by atoms with Crippen molar-refractivity contribution in [3.8, 4) is 0 Å². The molecule has 1 aliphatic rings. The Morgan fingerprint density at radius 1 is 0.917 bits per heavy atom. The van der Waals surface area contributed by atoms with Gasteiger partial charge in [-0.2, -0.15) is 0 Å². The third-order valence-corrected chi connectivity index (χ3v) is 4.52. The first-order valence-electron chi connectivity index (χ1n) is 7.90. The fourth-order valence-corrected chi connectivity index (χ4v) is 3.18. The fourth-order valence-electron chi connectivity index (χ4n) is 2.78. The average Bonchev–Trinajstić information content (AvgIpc) is 2.87. The van der Waals surface area contributed by atoms with E-state index in [0.717, 1.165) is 10.9 Å². The Morgan fingerprint density at radius 2 is 1.67 bits per heavy atom. The molecule has 2 aromatic rings. The number of hydrogen-bond donors (Lipinski definition) is 0. The summed E-state index contributed by atoms with van der Waals surface area (Å²) in [6.07, 6.45) is 2.38. The largest absolute Gasteiger partial charge is 0.337 e. The minimum absolute atomic E-state index is 0.00318. The third kappa shape index (κ3) is 3.82. The molecule has 1 fully saturated rings. The molecular weight excluding hydrogens is 370 g/mol.